The van der Waals surface area contributed by atoms with Crippen molar-refractivity contribution in [1.29, 1.82) is 0 Å². The van der Waals surface area contributed by atoms with Gasteiger partial charge in [-0.05, 0) is 48.0 Å². The largest absolute Gasteiger partial charge is 0.481 e. The Morgan fingerprint density at radius 1 is 0.944 bits per heavy atom. The van der Waals surface area contributed by atoms with Crippen molar-refractivity contribution in [2.45, 2.75) is 85.4 Å². The molecular formula is C14H30O4. The van der Waals surface area contributed by atoms with Crippen LogP contribution in [0.4, 0.5) is 0 Å². The highest BCUT2D eigenvalue weighted by molar-refractivity contribution is 5.66. The van der Waals surface area contributed by atoms with E-state index in [0.29, 0.717) is 6.42 Å². The first-order valence-electron chi connectivity index (χ1n) is 6.56. The molecule has 0 saturated heterocycles. The SMILES string of the molecule is CC(C)(C)OOC(C)(C)C.CCCCCC(=O)O. The van der Waals surface area contributed by atoms with Gasteiger partial charge in [-0.15, -0.1) is 0 Å². The third kappa shape index (κ3) is 24.6. The fourth-order valence-corrected chi connectivity index (χ4v) is 0.776. The van der Waals surface area contributed by atoms with E-state index in [2.05, 4.69) is 6.92 Å². The fraction of sp³-hybridized carbons (Fsp3) is 0.929. The van der Waals surface area contributed by atoms with Gasteiger partial charge in [0.25, 0.3) is 0 Å². The van der Waals surface area contributed by atoms with Crippen LogP contribution in [0.2, 0.25) is 0 Å². The molecule has 0 aliphatic carbocycles. The minimum absolute atomic E-state index is 0.215. The molecule has 0 amide bonds. The van der Waals surface area contributed by atoms with Crippen LogP contribution >= 0.6 is 0 Å². The highest BCUT2D eigenvalue weighted by Gasteiger charge is 2.18. The Hall–Kier alpha value is -0.610. The average Bonchev–Trinajstić information content (AvgIpc) is 2.14. The van der Waals surface area contributed by atoms with Crippen molar-refractivity contribution in [3.8, 4) is 0 Å². The number of hydrogen-bond donors (Lipinski definition) is 1. The standard InChI is InChI=1S/C8H18O2.C6H12O2/c1-7(2,3)9-10-8(4,5)6;1-2-3-4-5-6(7)8/h1-6H3;2-5H2,1H3,(H,7,8). The monoisotopic (exact) mass is 262 g/mol. The first kappa shape index (κ1) is 19.7. The summed E-state index contributed by atoms with van der Waals surface area (Å²) in [6.45, 7) is 13.8. The minimum Gasteiger partial charge on any atom is -0.481 e. The molecule has 0 spiro atoms. The zero-order chi connectivity index (χ0) is 14.8. The van der Waals surface area contributed by atoms with Crippen molar-refractivity contribution in [1.82, 2.24) is 0 Å². The number of rotatable bonds is 5. The average molecular weight is 262 g/mol. The number of hydrogen-bond acceptors (Lipinski definition) is 3. The van der Waals surface area contributed by atoms with Crippen molar-refractivity contribution in [3.63, 3.8) is 0 Å². The van der Waals surface area contributed by atoms with E-state index in [4.69, 9.17) is 14.9 Å². The van der Waals surface area contributed by atoms with Crippen molar-refractivity contribution in [3.05, 3.63) is 0 Å². The zero-order valence-corrected chi connectivity index (χ0v) is 13.0. The smallest absolute Gasteiger partial charge is 0.303 e. The lowest BCUT2D eigenvalue weighted by Crippen LogP contribution is -2.27. The highest BCUT2D eigenvalue weighted by atomic mass is 17.2. The lowest BCUT2D eigenvalue weighted by Gasteiger charge is -2.24. The normalized spacial score (nSPS) is 11.7. The van der Waals surface area contributed by atoms with Gasteiger partial charge in [-0.3, -0.25) is 4.79 Å². The molecule has 0 rings (SSSR count). The maximum atomic E-state index is 9.87. The van der Waals surface area contributed by atoms with Crippen molar-refractivity contribution in [2.75, 3.05) is 0 Å². The maximum Gasteiger partial charge on any atom is 0.303 e. The number of aliphatic carboxylic acids is 1. The van der Waals surface area contributed by atoms with Crippen LogP contribution in [0.5, 0.6) is 0 Å². The summed E-state index contributed by atoms with van der Waals surface area (Å²) in [6, 6.07) is 0. The predicted molar refractivity (Wildman–Crippen MR) is 73.5 cm³/mol. The Morgan fingerprint density at radius 2 is 1.33 bits per heavy atom. The first-order valence-corrected chi connectivity index (χ1v) is 6.56. The van der Waals surface area contributed by atoms with E-state index in [1.165, 1.54) is 0 Å². The fourth-order valence-electron chi connectivity index (χ4n) is 0.776. The summed E-state index contributed by atoms with van der Waals surface area (Å²) in [5, 5.41) is 8.14. The van der Waals surface area contributed by atoms with E-state index in [0.717, 1.165) is 19.3 Å². The summed E-state index contributed by atoms with van der Waals surface area (Å²) in [6.07, 6.45) is 3.28. The van der Waals surface area contributed by atoms with Gasteiger partial charge in [0, 0.05) is 6.42 Å². The Labute approximate surface area is 112 Å². The van der Waals surface area contributed by atoms with Gasteiger partial charge in [0.05, 0.1) is 11.2 Å². The molecule has 0 unspecified atom stereocenters. The summed E-state index contributed by atoms with van der Waals surface area (Å²) < 4.78 is 0. The van der Waals surface area contributed by atoms with Crippen LogP contribution in [-0.2, 0) is 14.6 Å². The summed E-state index contributed by atoms with van der Waals surface area (Å²) >= 11 is 0. The maximum absolute atomic E-state index is 9.87. The molecule has 4 heteroatoms. The molecule has 0 radical (unpaired) electrons. The van der Waals surface area contributed by atoms with Crippen LogP contribution in [0.15, 0.2) is 0 Å². The van der Waals surface area contributed by atoms with Crippen molar-refractivity contribution in [2.24, 2.45) is 0 Å². The zero-order valence-electron chi connectivity index (χ0n) is 13.0. The van der Waals surface area contributed by atoms with Crippen LogP contribution in [0.25, 0.3) is 0 Å². The van der Waals surface area contributed by atoms with E-state index in [1.54, 1.807) is 0 Å². The van der Waals surface area contributed by atoms with E-state index in [9.17, 15) is 4.79 Å². The topological polar surface area (TPSA) is 55.8 Å². The predicted octanol–water partition coefficient (Wildman–Crippen LogP) is 4.18. The molecule has 18 heavy (non-hydrogen) atoms. The summed E-state index contributed by atoms with van der Waals surface area (Å²) in [5.41, 5.74) is -0.430. The molecule has 0 saturated carbocycles. The van der Waals surface area contributed by atoms with E-state index in [-0.39, 0.29) is 11.2 Å². The lowest BCUT2D eigenvalue weighted by molar-refractivity contribution is -0.393. The van der Waals surface area contributed by atoms with Crippen molar-refractivity contribution >= 4 is 5.97 Å². The molecule has 0 aromatic carbocycles. The van der Waals surface area contributed by atoms with Crippen LogP contribution in [-0.4, -0.2) is 22.3 Å². The third-order valence-electron chi connectivity index (χ3n) is 1.54. The summed E-state index contributed by atoms with van der Waals surface area (Å²) in [5.74, 6) is -0.682. The number of carboxylic acid groups (broad SMARTS) is 1. The minimum atomic E-state index is -0.682. The molecule has 0 atom stereocenters. The van der Waals surface area contributed by atoms with Gasteiger partial charge in [0.2, 0.25) is 0 Å². The molecule has 0 aliphatic rings. The Bertz CT molecular complexity index is 197. The quantitative estimate of drug-likeness (QED) is 0.458. The highest BCUT2D eigenvalue weighted by Crippen LogP contribution is 2.14. The summed E-state index contributed by atoms with van der Waals surface area (Å²) in [7, 11) is 0. The molecule has 0 fully saturated rings. The lowest BCUT2D eigenvalue weighted by atomic mass is 10.2. The molecule has 0 aromatic rings. The van der Waals surface area contributed by atoms with Gasteiger partial charge in [-0.1, -0.05) is 19.8 Å². The van der Waals surface area contributed by atoms with E-state index < -0.39 is 5.97 Å². The Kier molecular flexibility index (Phi) is 10.2. The molecule has 0 bridgehead atoms. The van der Waals surface area contributed by atoms with Gasteiger partial charge in [0.15, 0.2) is 0 Å². The number of unbranched alkanes of at least 4 members (excludes halogenated alkanes) is 2. The molecule has 0 heterocycles. The Morgan fingerprint density at radius 3 is 1.56 bits per heavy atom. The second-order valence-corrected chi connectivity index (χ2v) is 6.24. The van der Waals surface area contributed by atoms with E-state index in [1.807, 2.05) is 41.5 Å². The van der Waals surface area contributed by atoms with Gasteiger partial charge in [-0.25, -0.2) is 9.78 Å². The summed E-state index contributed by atoms with van der Waals surface area (Å²) in [4.78, 5) is 20.1. The Balaban J connectivity index is 0. The molecular weight excluding hydrogens is 232 g/mol. The second kappa shape index (κ2) is 9.34. The number of carbonyl (C=O) groups is 1. The molecule has 0 aromatic heterocycles. The molecule has 1 N–H and O–H groups in total. The first-order chi connectivity index (χ1) is 7.98. The van der Waals surface area contributed by atoms with Gasteiger partial charge in [-0.2, -0.15) is 0 Å². The molecule has 0 aliphatic heterocycles. The van der Waals surface area contributed by atoms with Crippen LogP contribution in [0.3, 0.4) is 0 Å². The second-order valence-electron chi connectivity index (χ2n) is 6.24. The molecule has 110 valence electrons. The van der Waals surface area contributed by atoms with E-state index >= 15 is 0 Å². The van der Waals surface area contributed by atoms with Gasteiger partial charge >= 0.3 is 5.97 Å². The van der Waals surface area contributed by atoms with Crippen LogP contribution in [0.1, 0.15) is 74.1 Å². The van der Waals surface area contributed by atoms with Crippen LogP contribution < -0.4 is 0 Å². The van der Waals surface area contributed by atoms with Gasteiger partial charge < -0.3 is 5.11 Å². The number of carboxylic acids is 1. The van der Waals surface area contributed by atoms with Gasteiger partial charge in [0.1, 0.15) is 0 Å². The molecule has 4 nitrogen and oxygen atoms in total. The third-order valence-corrected chi connectivity index (χ3v) is 1.54. The van der Waals surface area contributed by atoms with Crippen molar-refractivity contribution < 1.29 is 19.7 Å². The van der Waals surface area contributed by atoms with Crippen LogP contribution in [0, 0.1) is 0 Å².